The van der Waals surface area contributed by atoms with Gasteiger partial charge in [-0.15, -0.1) is 0 Å². The van der Waals surface area contributed by atoms with Gasteiger partial charge in [-0.05, 0) is 25.5 Å². The molecule has 7 heteroatoms. The van der Waals surface area contributed by atoms with E-state index >= 15 is 0 Å². The number of aryl methyl sites for hydroxylation is 2. The van der Waals surface area contributed by atoms with Crippen LogP contribution >= 0.6 is 0 Å². The summed E-state index contributed by atoms with van der Waals surface area (Å²) >= 11 is 0. The first-order valence-corrected chi connectivity index (χ1v) is 8.34. The zero-order chi connectivity index (χ0) is 17.4. The summed E-state index contributed by atoms with van der Waals surface area (Å²) in [6.07, 6.45) is 4.39. The van der Waals surface area contributed by atoms with Crippen molar-refractivity contribution < 1.29 is 14.1 Å². The van der Waals surface area contributed by atoms with Gasteiger partial charge in [0.1, 0.15) is 17.1 Å². The Hall–Kier alpha value is -2.67. The van der Waals surface area contributed by atoms with Crippen molar-refractivity contribution in [1.82, 2.24) is 19.9 Å². The predicted octanol–water partition coefficient (Wildman–Crippen LogP) is 1.93. The zero-order valence-electron chi connectivity index (χ0n) is 14.2. The molecule has 0 bridgehead atoms. The minimum Gasteiger partial charge on any atom is -0.379 e. The summed E-state index contributed by atoms with van der Waals surface area (Å²) in [5.74, 6) is 0.793. The number of ether oxygens (including phenoxy) is 1. The zero-order valence-corrected chi connectivity index (χ0v) is 14.2. The number of carbonyl (C=O) groups is 1. The molecule has 0 saturated carbocycles. The lowest BCUT2D eigenvalue weighted by atomic mass is 9.98. The summed E-state index contributed by atoms with van der Waals surface area (Å²) in [5, 5.41) is 6.95. The molecule has 0 spiro atoms. The van der Waals surface area contributed by atoms with Gasteiger partial charge in [-0.3, -0.25) is 4.79 Å². The molecule has 1 saturated heterocycles. The minimum absolute atomic E-state index is 0.0653. The summed E-state index contributed by atoms with van der Waals surface area (Å²) < 4.78 is 12.7. The van der Waals surface area contributed by atoms with Crippen molar-refractivity contribution in [1.29, 1.82) is 0 Å². The van der Waals surface area contributed by atoms with Crippen LogP contribution < -0.4 is 5.32 Å². The topological polar surface area (TPSA) is 81.7 Å². The fourth-order valence-corrected chi connectivity index (χ4v) is 3.18. The standard InChI is InChI=1S/C18H20N4O3/c1-11-3-4-17-19-15(8-22(17)7-11)18(23)20-16-10-24-9-13(16)6-14-5-12(2)21-25-14/h3-5,7-8,13,16H,6,9-10H2,1-2H3,(H,20,23)/t13-,16+/m1/s1. The Bertz CT molecular complexity index is 914. The van der Waals surface area contributed by atoms with Crippen LogP contribution in [0, 0.1) is 19.8 Å². The van der Waals surface area contributed by atoms with E-state index in [1.54, 1.807) is 6.20 Å². The molecule has 4 rings (SSSR count). The first-order chi connectivity index (χ1) is 12.1. The maximum absolute atomic E-state index is 12.6. The minimum atomic E-state index is -0.185. The van der Waals surface area contributed by atoms with Crippen molar-refractivity contribution in [2.24, 2.45) is 5.92 Å². The second-order valence-electron chi connectivity index (χ2n) is 6.61. The van der Waals surface area contributed by atoms with Gasteiger partial charge in [-0.1, -0.05) is 11.2 Å². The third kappa shape index (κ3) is 3.28. The average Bonchev–Trinajstić information content (AvgIpc) is 3.28. The van der Waals surface area contributed by atoms with Crippen molar-refractivity contribution in [3.63, 3.8) is 0 Å². The predicted molar refractivity (Wildman–Crippen MR) is 90.4 cm³/mol. The smallest absolute Gasteiger partial charge is 0.271 e. The quantitative estimate of drug-likeness (QED) is 0.785. The molecule has 130 valence electrons. The van der Waals surface area contributed by atoms with E-state index in [4.69, 9.17) is 9.26 Å². The van der Waals surface area contributed by atoms with Gasteiger partial charge in [0.2, 0.25) is 0 Å². The van der Waals surface area contributed by atoms with Crippen LogP contribution in [0.3, 0.4) is 0 Å². The molecule has 0 aromatic carbocycles. The van der Waals surface area contributed by atoms with Gasteiger partial charge in [-0.25, -0.2) is 4.98 Å². The Labute approximate surface area is 145 Å². The largest absolute Gasteiger partial charge is 0.379 e. The number of amides is 1. The highest BCUT2D eigenvalue weighted by molar-refractivity contribution is 5.93. The average molecular weight is 340 g/mol. The molecular formula is C18H20N4O3. The number of imidazole rings is 1. The number of rotatable bonds is 4. The molecule has 4 heterocycles. The molecule has 0 unspecified atom stereocenters. The molecule has 3 aromatic rings. The highest BCUT2D eigenvalue weighted by Gasteiger charge is 2.31. The molecule has 7 nitrogen and oxygen atoms in total. The van der Waals surface area contributed by atoms with Gasteiger partial charge >= 0.3 is 0 Å². The van der Waals surface area contributed by atoms with Crippen LogP contribution in [0.25, 0.3) is 5.65 Å². The third-order valence-corrected chi connectivity index (χ3v) is 4.49. The summed E-state index contributed by atoms with van der Waals surface area (Å²) in [7, 11) is 0. The van der Waals surface area contributed by atoms with Crippen molar-refractivity contribution in [3.8, 4) is 0 Å². The number of carbonyl (C=O) groups excluding carboxylic acids is 1. The van der Waals surface area contributed by atoms with Gasteiger partial charge in [0.15, 0.2) is 0 Å². The van der Waals surface area contributed by atoms with Crippen LogP contribution in [0.5, 0.6) is 0 Å². The van der Waals surface area contributed by atoms with Gasteiger partial charge < -0.3 is 19.0 Å². The number of nitrogens with zero attached hydrogens (tertiary/aromatic N) is 3. The van der Waals surface area contributed by atoms with E-state index in [-0.39, 0.29) is 17.9 Å². The number of aromatic nitrogens is 3. The maximum Gasteiger partial charge on any atom is 0.271 e. The fraction of sp³-hybridized carbons (Fsp3) is 0.389. The van der Waals surface area contributed by atoms with E-state index < -0.39 is 0 Å². The summed E-state index contributed by atoms with van der Waals surface area (Å²) in [4.78, 5) is 17.0. The first kappa shape index (κ1) is 15.8. The highest BCUT2D eigenvalue weighted by atomic mass is 16.5. The van der Waals surface area contributed by atoms with Crippen molar-refractivity contribution in [2.45, 2.75) is 26.3 Å². The Morgan fingerprint density at radius 1 is 1.32 bits per heavy atom. The second-order valence-corrected chi connectivity index (χ2v) is 6.61. The van der Waals surface area contributed by atoms with Crippen LogP contribution in [0.2, 0.25) is 0 Å². The molecule has 2 atom stereocenters. The molecule has 1 amide bonds. The van der Waals surface area contributed by atoms with E-state index in [1.165, 1.54) is 0 Å². The summed E-state index contributed by atoms with van der Waals surface area (Å²) in [6.45, 7) is 4.98. The number of fused-ring (bicyclic) bond motifs is 1. The fourth-order valence-electron chi connectivity index (χ4n) is 3.18. The highest BCUT2D eigenvalue weighted by Crippen LogP contribution is 2.20. The van der Waals surface area contributed by atoms with Crippen molar-refractivity contribution in [3.05, 3.63) is 53.3 Å². The Kier molecular flexibility index (Phi) is 4.01. The van der Waals surface area contributed by atoms with Gasteiger partial charge in [-0.2, -0.15) is 0 Å². The summed E-state index contributed by atoms with van der Waals surface area (Å²) in [5.41, 5.74) is 3.14. The van der Waals surface area contributed by atoms with Gasteiger partial charge in [0.05, 0.1) is 24.9 Å². The van der Waals surface area contributed by atoms with E-state index in [2.05, 4.69) is 15.5 Å². The van der Waals surface area contributed by atoms with Crippen LogP contribution in [0.1, 0.15) is 27.5 Å². The second kappa shape index (κ2) is 6.33. The summed E-state index contributed by atoms with van der Waals surface area (Å²) in [6, 6.07) is 5.73. The number of hydrogen-bond donors (Lipinski definition) is 1. The molecule has 1 aliphatic heterocycles. The molecule has 25 heavy (non-hydrogen) atoms. The molecule has 1 N–H and O–H groups in total. The lowest BCUT2D eigenvalue weighted by Gasteiger charge is -2.17. The monoisotopic (exact) mass is 340 g/mol. The van der Waals surface area contributed by atoms with Crippen LogP contribution in [-0.4, -0.2) is 39.7 Å². The number of nitrogens with one attached hydrogen (secondary N) is 1. The van der Waals surface area contributed by atoms with Crippen LogP contribution in [0.15, 0.2) is 35.1 Å². The van der Waals surface area contributed by atoms with Crippen molar-refractivity contribution in [2.75, 3.05) is 13.2 Å². The Morgan fingerprint density at radius 3 is 3.00 bits per heavy atom. The van der Waals surface area contributed by atoms with Gasteiger partial charge in [0, 0.05) is 30.8 Å². The third-order valence-electron chi connectivity index (χ3n) is 4.49. The Morgan fingerprint density at radius 2 is 2.20 bits per heavy atom. The van der Waals surface area contributed by atoms with E-state index in [0.29, 0.717) is 25.3 Å². The lowest BCUT2D eigenvalue weighted by Crippen LogP contribution is -2.40. The van der Waals surface area contributed by atoms with E-state index in [1.807, 2.05) is 42.6 Å². The molecule has 0 aliphatic carbocycles. The molecule has 1 aliphatic rings. The first-order valence-electron chi connectivity index (χ1n) is 8.34. The Balaban J connectivity index is 1.46. The molecule has 3 aromatic heterocycles. The molecule has 1 fully saturated rings. The number of hydrogen-bond acceptors (Lipinski definition) is 5. The van der Waals surface area contributed by atoms with E-state index in [9.17, 15) is 4.79 Å². The van der Waals surface area contributed by atoms with Crippen LogP contribution in [0.4, 0.5) is 0 Å². The molecular weight excluding hydrogens is 320 g/mol. The number of pyridine rings is 1. The SMILES string of the molecule is Cc1ccc2nc(C(=O)N[C@H]3COC[C@H]3Cc3cc(C)no3)cn2c1. The molecule has 0 radical (unpaired) electrons. The maximum atomic E-state index is 12.6. The van der Waals surface area contributed by atoms with E-state index in [0.717, 1.165) is 22.7 Å². The normalized spacial score (nSPS) is 20.2. The van der Waals surface area contributed by atoms with Crippen LogP contribution in [-0.2, 0) is 11.2 Å². The van der Waals surface area contributed by atoms with Crippen molar-refractivity contribution >= 4 is 11.6 Å². The lowest BCUT2D eigenvalue weighted by molar-refractivity contribution is 0.0920. The van der Waals surface area contributed by atoms with Gasteiger partial charge in [0.25, 0.3) is 5.91 Å².